The van der Waals surface area contributed by atoms with Crippen molar-refractivity contribution < 1.29 is 14.3 Å². The molecule has 1 unspecified atom stereocenters. The first-order valence-corrected chi connectivity index (χ1v) is 10.9. The lowest BCUT2D eigenvalue weighted by molar-refractivity contribution is 0.143. The summed E-state index contributed by atoms with van der Waals surface area (Å²) in [5.41, 5.74) is 3.69. The zero-order valence-corrected chi connectivity index (χ0v) is 18.8. The van der Waals surface area contributed by atoms with Crippen LogP contribution in [0.2, 0.25) is 5.02 Å². The molecule has 1 aliphatic heterocycles. The molecular formula is C24H21BrClNO3. The number of benzene rings is 3. The van der Waals surface area contributed by atoms with Crippen LogP contribution < -0.4 is 9.64 Å². The van der Waals surface area contributed by atoms with Gasteiger partial charge in [0.2, 0.25) is 0 Å². The summed E-state index contributed by atoms with van der Waals surface area (Å²) in [6.45, 7) is 0.201. The fraction of sp³-hybridized carbons (Fsp3) is 0.208. The number of rotatable bonds is 4. The van der Waals surface area contributed by atoms with Crippen LogP contribution in [0.15, 0.2) is 71.2 Å². The van der Waals surface area contributed by atoms with Crippen LogP contribution in [0.4, 0.5) is 10.5 Å². The molecule has 0 fully saturated rings. The van der Waals surface area contributed by atoms with Gasteiger partial charge in [-0.2, -0.15) is 0 Å². The third-order valence-corrected chi connectivity index (χ3v) is 5.91. The Kier molecular flexibility index (Phi) is 6.30. The zero-order valence-electron chi connectivity index (χ0n) is 16.5. The molecule has 4 nitrogen and oxygen atoms in total. The SMILES string of the molecule is COc1cc(Br)cc2c1N(C(=O)OCc1ccccc1)C(c1cccc(Cl)c1)CC2. The molecule has 0 radical (unpaired) electrons. The van der Waals surface area contributed by atoms with Crippen LogP contribution in [0, 0.1) is 0 Å². The Hall–Kier alpha value is -2.50. The van der Waals surface area contributed by atoms with E-state index in [4.69, 9.17) is 21.1 Å². The van der Waals surface area contributed by atoms with E-state index in [0.717, 1.165) is 39.7 Å². The number of aryl methyl sites for hydroxylation is 1. The largest absolute Gasteiger partial charge is 0.495 e. The van der Waals surface area contributed by atoms with Crippen molar-refractivity contribution in [2.24, 2.45) is 0 Å². The van der Waals surface area contributed by atoms with Gasteiger partial charge < -0.3 is 9.47 Å². The molecule has 1 heterocycles. The highest BCUT2D eigenvalue weighted by atomic mass is 79.9. The minimum absolute atomic E-state index is 0.199. The van der Waals surface area contributed by atoms with Gasteiger partial charge in [0.25, 0.3) is 0 Å². The summed E-state index contributed by atoms with van der Waals surface area (Å²) in [6, 6.07) is 21.0. The highest BCUT2D eigenvalue weighted by Gasteiger charge is 2.36. The molecule has 6 heteroatoms. The minimum atomic E-state index is -0.412. The van der Waals surface area contributed by atoms with Gasteiger partial charge in [-0.05, 0) is 53.8 Å². The third-order valence-electron chi connectivity index (χ3n) is 5.21. The number of hydrogen-bond donors (Lipinski definition) is 0. The van der Waals surface area contributed by atoms with E-state index in [0.29, 0.717) is 10.8 Å². The first-order valence-electron chi connectivity index (χ1n) is 9.68. The van der Waals surface area contributed by atoms with Crippen molar-refractivity contribution in [1.29, 1.82) is 0 Å². The Morgan fingerprint density at radius 1 is 1.13 bits per heavy atom. The van der Waals surface area contributed by atoms with Crippen molar-refractivity contribution in [3.05, 3.63) is 92.9 Å². The van der Waals surface area contributed by atoms with Gasteiger partial charge in [0, 0.05) is 9.50 Å². The molecule has 0 spiro atoms. The van der Waals surface area contributed by atoms with E-state index in [2.05, 4.69) is 15.9 Å². The molecule has 0 aliphatic carbocycles. The van der Waals surface area contributed by atoms with Crippen LogP contribution in [0.25, 0.3) is 0 Å². The summed E-state index contributed by atoms with van der Waals surface area (Å²) < 4.78 is 12.3. The van der Waals surface area contributed by atoms with Crippen molar-refractivity contribution in [2.45, 2.75) is 25.5 Å². The molecule has 154 valence electrons. The van der Waals surface area contributed by atoms with Crippen LogP contribution in [-0.2, 0) is 17.8 Å². The van der Waals surface area contributed by atoms with Gasteiger partial charge in [0.15, 0.2) is 0 Å². The maximum Gasteiger partial charge on any atom is 0.415 e. The highest BCUT2D eigenvalue weighted by molar-refractivity contribution is 9.10. The van der Waals surface area contributed by atoms with Crippen LogP contribution in [0.5, 0.6) is 5.75 Å². The van der Waals surface area contributed by atoms with E-state index in [1.165, 1.54) is 0 Å². The van der Waals surface area contributed by atoms with Crippen molar-refractivity contribution in [3.63, 3.8) is 0 Å². The molecule has 1 atom stereocenters. The molecular weight excluding hydrogens is 466 g/mol. The average Bonchev–Trinajstić information content (AvgIpc) is 2.76. The second-order valence-electron chi connectivity index (χ2n) is 7.14. The quantitative estimate of drug-likeness (QED) is 0.401. The van der Waals surface area contributed by atoms with E-state index in [1.54, 1.807) is 12.0 Å². The van der Waals surface area contributed by atoms with Gasteiger partial charge >= 0.3 is 6.09 Å². The van der Waals surface area contributed by atoms with Crippen LogP contribution in [0.1, 0.15) is 29.2 Å². The third kappa shape index (κ3) is 4.32. The average molecular weight is 487 g/mol. The van der Waals surface area contributed by atoms with Crippen molar-refractivity contribution in [2.75, 3.05) is 12.0 Å². The smallest absolute Gasteiger partial charge is 0.415 e. The van der Waals surface area contributed by atoms with Gasteiger partial charge in [0.05, 0.1) is 18.8 Å². The summed E-state index contributed by atoms with van der Waals surface area (Å²) in [5, 5.41) is 0.638. The standard InChI is InChI=1S/C24H21BrClNO3/c1-29-22-14-19(25)12-18-10-11-21(17-8-5-9-20(26)13-17)27(23(18)22)24(28)30-15-16-6-3-2-4-7-16/h2-9,12-14,21H,10-11,15H2,1H3. The summed E-state index contributed by atoms with van der Waals surface area (Å²) in [5.74, 6) is 0.628. The number of anilines is 1. The molecule has 0 saturated carbocycles. The molecule has 0 saturated heterocycles. The second-order valence-corrected chi connectivity index (χ2v) is 8.49. The van der Waals surface area contributed by atoms with Gasteiger partial charge in [-0.3, -0.25) is 4.90 Å². The highest BCUT2D eigenvalue weighted by Crippen LogP contribution is 2.46. The van der Waals surface area contributed by atoms with Crippen molar-refractivity contribution >= 4 is 39.3 Å². The summed E-state index contributed by atoms with van der Waals surface area (Å²) in [7, 11) is 1.61. The Bertz CT molecular complexity index is 1040. The molecule has 3 aromatic carbocycles. The first-order chi connectivity index (χ1) is 14.6. The van der Waals surface area contributed by atoms with Gasteiger partial charge in [-0.1, -0.05) is 70.0 Å². The molecule has 4 rings (SSSR count). The van der Waals surface area contributed by atoms with E-state index in [-0.39, 0.29) is 12.6 Å². The van der Waals surface area contributed by atoms with E-state index in [9.17, 15) is 4.79 Å². The maximum absolute atomic E-state index is 13.4. The van der Waals surface area contributed by atoms with E-state index >= 15 is 0 Å². The predicted molar refractivity (Wildman–Crippen MR) is 122 cm³/mol. The van der Waals surface area contributed by atoms with Gasteiger partial charge in [0.1, 0.15) is 12.4 Å². The Balaban J connectivity index is 1.73. The summed E-state index contributed by atoms with van der Waals surface area (Å²) in [6.07, 6.45) is 1.16. The number of carbonyl (C=O) groups is 1. The van der Waals surface area contributed by atoms with Crippen LogP contribution in [0.3, 0.4) is 0 Å². The van der Waals surface area contributed by atoms with E-state index < -0.39 is 6.09 Å². The lowest BCUT2D eigenvalue weighted by atomic mass is 9.91. The fourth-order valence-electron chi connectivity index (χ4n) is 3.86. The lowest BCUT2D eigenvalue weighted by Crippen LogP contribution is -2.39. The van der Waals surface area contributed by atoms with Crippen LogP contribution in [-0.4, -0.2) is 13.2 Å². The molecule has 1 amide bonds. The van der Waals surface area contributed by atoms with Crippen molar-refractivity contribution in [1.82, 2.24) is 0 Å². The molecule has 3 aromatic rings. The van der Waals surface area contributed by atoms with Gasteiger partial charge in [-0.15, -0.1) is 0 Å². The van der Waals surface area contributed by atoms with Gasteiger partial charge in [-0.25, -0.2) is 4.79 Å². The second kappa shape index (κ2) is 9.11. The van der Waals surface area contributed by atoms with E-state index in [1.807, 2.05) is 66.7 Å². The topological polar surface area (TPSA) is 38.8 Å². The summed E-state index contributed by atoms with van der Waals surface area (Å²) in [4.78, 5) is 15.1. The molecule has 0 bridgehead atoms. The Labute approximate surface area is 189 Å². The molecule has 1 aliphatic rings. The maximum atomic E-state index is 13.4. The molecule has 0 aromatic heterocycles. The first kappa shape index (κ1) is 20.8. The van der Waals surface area contributed by atoms with Crippen LogP contribution >= 0.6 is 27.5 Å². The summed E-state index contributed by atoms with van der Waals surface area (Å²) >= 11 is 9.78. The zero-order chi connectivity index (χ0) is 21.1. The number of amides is 1. The number of methoxy groups -OCH3 is 1. The predicted octanol–water partition coefficient (Wildman–Crippen LogP) is 6.94. The molecule has 30 heavy (non-hydrogen) atoms. The van der Waals surface area contributed by atoms with Crippen molar-refractivity contribution in [3.8, 4) is 5.75 Å². The number of halogens is 2. The molecule has 0 N–H and O–H groups in total. The fourth-order valence-corrected chi connectivity index (χ4v) is 4.55. The Morgan fingerprint density at radius 3 is 2.67 bits per heavy atom. The number of carbonyl (C=O) groups excluding carboxylic acids is 1. The number of ether oxygens (including phenoxy) is 2. The lowest BCUT2D eigenvalue weighted by Gasteiger charge is -2.37. The number of nitrogens with zero attached hydrogens (tertiary/aromatic N) is 1. The number of hydrogen-bond acceptors (Lipinski definition) is 3. The monoisotopic (exact) mass is 485 g/mol. The number of fused-ring (bicyclic) bond motifs is 1. The minimum Gasteiger partial charge on any atom is -0.495 e. The normalized spacial score (nSPS) is 15.4. The Morgan fingerprint density at radius 2 is 1.93 bits per heavy atom.